The fourth-order valence-electron chi connectivity index (χ4n) is 2.37. The van der Waals surface area contributed by atoms with Gasteiger partial charge in [0.1, 0.15) is 0 Å². The number of amides is 2. The highest BCUT2D eigenvalue weighted by Crippen LogP contribution is 2.16. The second-order valence-corrected chi connectivity index (χ2v) is 8.35. The number of hydrogen-bond donors (Lipinski definition) is 3. The summed E-state index contributed by atoms with van der Waals surface area (Å²) in [6.07, 6.45) is -0.0163. The molecule has 0 fully saturated rings. The molecule has 7 nitrogen and oxygen atoms in total. The Labute approximate surface area is 179 Å². The summed E-state index contributed by atoms with van der Waals surface area (Å²) in [7, 11) is 0. The third kappa shape index (κ3) is 7.04. The van der Waals surface area contributed by atoms with Gasteiger partial charge < -0.3 is 15.6 Å². The van der Waals surface area contributed by atoms with E-state index in [1.165, 1.54) is 6.07 Å². The topological polar surface area (TPSA) is 104 Å². The number of benzene rings is 1. The van der Waals surface area contributed by atoms with Crippen LogP contribution in [-0.2, 0) is 22.6 Å². The molecule has 0 aliphatic heterocycles. The number of nitrogens with zero attached hydrogens (tertiary/aromatic N) is 1. The van der Waals surface area contributed by atoms with Crippen LogP contribution in [-0.4, -0.2) is 27.5 Å². The van der Waals surface area contributed by atoms with Crippen molar-refractivity contribution in [3.05, 3.63) is 73.8 Å². The molecule has 2 aromatic heterocycles. The number of carbonyl (C=O) groups excluding carboxylic acids is 2. The van der Waals surface area contributed by atoms with Crippen molar-refractivity contribution in [1.29, 1.82) is 0 Å². The molecule has 10 heteroatoms. The van der Waals surface area contributed by atoms with Gasteiger partial charge in [0.15, 0.2) is 5.16 Å². The summed E-state index contributed by atoms with van der Waals surface area (Å²) in [6.45, 7) is 0.435. The van der Waals surface area contributed by atoms with Gasteiger partial charge in [-0.3, -0.25) is 14.4 Å². The van der Waals surface area contributed by atoms with Crippen LogP contribution in [0, 0.1) is 0 Å². The van der Waals surface area contributed by atoms with E-state index in [2.05, 4.69) is 20.6 Å². The average molecular weight is 449 g/mol. The molecule has 3 rings (SSSR count). The maximum Gasteiger partial charge on any atom is 0.251 e. The molecule has 150 valence electrons. The second-order valence-electron chi connectivity index (χ2n) is 5.92. The first kappa shape index (κ1) is 21.1. The lowest BCUT2D eigenvalue weighted by molar-refractivity contribution is -0.120. The fraction of sp³-hybridized carbons (Fsp3) is 0.158. The average Bonchev–Trinajstić information content (AvgIpc) is 3.18. The number of H-pyrrole nitrogens is 1. The van der Waals surface area contributed by atoms with Gasteiger partial charge in [-0.05, 0) is 29.6 Å². The molecule has 2 heterocycles. The summed E-state index contributed by atoms with van der Waals surface area (Å²) in [5.74, 6) is -0.450. The Morgan fingerprint density at radius 2 is 2.03 bits per heavy atom. The quantitative estimate of drug-likeness (QED) is 0.363. The summed E-state index contributed by atoms with van der Waals surface area (Å²) < 4.78 is 0. The van der Waals surface area contributed by atoms with Crippen LogP contribution in [0.4, 0.5) is 5.69 Å². The van der Waals surface area contributed by atoms with Gasteiger partial charge in [0.05, 0.1) is 24.4 Å². The van der Waals surface area contributed by atoms with Crippen LogP contribution in [0.25, 0.3) is 0 Å². The van der Waals surface area contributed by atoms with Gasteiger partial charge in [0, 0.05) is 21.7 Å². The van der Waals surface area contributed by atoms with Crippen molar-refractivity contribution >= 4 is 52.2 Å². The first-order chi connectivity index (χ1) is 14.0. The number of carbonyl (C=O) groups is 2. The molecule has 0 aliphatic carbocycles. The minimum Gasteiger partial charge on any atom is -0.351 e. The molecule has 0 spiro atoms. The van der Waals surface area contributed by atoms with E-state index < -0.39 is 0 Å². The van der Waals surface area contributed by atoms with Crippen molar-refractivity contribution in [2.75, 3.05) is 11.1 Å². The van der Waals surface area contributed by atoms with Crippen LogP contribution >= 0.6 is 34.7 Å². The Morgan fingerprint density at radius 3 is 2.79 bits per heavy atom. The zero-order valence-corrected chi connectivity index (χ0v) is 17.5. The molecule has 2 amide bonds. The third-order valence-electron chi connectivity index (χ3n) is 3.60. The van der Waals surface area contributed by atoms with E-state index in [1.807, 2.05) is 17.5 Å². The molecule has 0 saturated carbocycles. The minimum atomic E-state index is -0.376. The number of halogens is 1. The predicted octanol–water partition coefficient (Wildman–Crippen LogP) is 3.07. The van der Waals surface area contributed by atoms with Crippen molar-refractivity contribution in [1.82, 2.24) is 15.3 Å². The van der Waals surface area contributed by atoms with E-state index in [0.717, 1.165) is 16.6 Å². The van der Waals surface area contributed by atoms with Crippen molar-refractivity contribution in [3.63, 3.8) is 0 Å². The van der Waals surface area contributed by atoms with Gasteiger partial charge >= 0.3 is 0 Å². The van der Waals surface area contributed by atoms with Crippen LogP contribution in [0.2, 0.25) is 5.02 Å². The van der Waals surface area contributed by atoms with Crippen molar-refractivity contribution in [2.45, 2.75) is 18.1 Å². The second kappa shape index (κ2) is 10.2. The lowest BCUT2D eigenvalue weighted by atomic mass is 10.3. The van der Waals surface area contributed by atoms with Crippen molar-refractivity contribution in [3.8, 4) is 0 Å². The molecular formula is C19H17ClN4O3S2. The Morgan fingerprint density at radius 1 is 1.17 bits per heavy atom. The highest BCUT2D eigenvalue weighted by atomic mass is 35.5. The monoisotopic (exact) mass is 448 g/mol. The van der Waals surface area contributed by atoms with E-state index in [4.69, 9.17) is 11.6 Å². The molecule has 3 N–H and O–H groups in total. The van der Waals surface area contributed by atoms with Crippen LogP contribution < -0.4 is 16.2 Å². The number of thioether (sulfide) groups is 1. The first-order valence-corrected chi connectivity index (χ1v) is 10.8. The summed E-state index contributed by atoms with van der Waals surface area (Å²) in [5.41, 5.74) is 0.551. The lowest BCUT2D eigenvalue weighted by Gasteiger charge is -2.07. The Bertz CT molecular complexity index is 1050. The Kier molecular flexibility index (Phi) is 7.45. The zero-order valence-electron chi connectivity index (χ0n) is 15.1. The predicted molar refractivity (Wildman–Crippen MR) is 116 cm³/mol. The number of rotatable bonds is 8. The molecule has 0 atom stereocenters. The number of hydrogen-bond acceptors (Lipinski definition) is 6. The molecule has 0 bridgehead atoms. The SMILES string of the molecule is O=C(Cc1cc(=O)[nH]c(SCC(=O)Nc2cccc(Cl)c2)n1)NCc1cccs1. The number of thiophene rings is 1. The molecule has 0 unspecified atom stereocenters. The lowest BCUT2D eigenvalue weighted by Crippen LogP contribution is -2.25. The van der Waals surface area contributed by atoms with Gasteiger partial charge in [-0.25, -0.2) is 4.98 Å². The van der Waals surface area contributed by atoms with Gasteiger partial charge in [0.25, 0.3) is 5.56 Å². The van der Waals surface area contributed by atoms with E-state index in [0.29, 0.717) is 22.9 Å². The summed E-state index contributed by atoms with van der Waals surface area (Å²) in [5, 5.41) is 8.24. The van der Waals surface area contributed by atoms with Crippen LogP contribution in [0.3, 0.4) is 0 Å². The van der Waals surface area contributed by atoms with Crippen LogP contribution in [0.5, 0.6) is 0 Å². The normalized spacial score (nSPS) is 10.5. The molecule has 1 aromatic carbocycles. The van der Waals surface area contributed by atoms with Gasteiger partial charge in [-0.2, -0.15) is 0 Å². The summed E-state index contributed by atoms with van der Waals surface area (Å²) in [6, 6.07) is 11.9. The molecular weight excluding hydrogens is 432 g/mol. The molecule has 0 saturated heterocycles. The van der Waals surface area contributed by atoms with E-state index >= 15 is 0 Å². The van der Waals surface area contributed by atoms with E-state index in [9.17, 15) is 14.4 Å². The minimum absolute atomic E-state index is 0.0163. The maximum atomic E-state index is 12.1. The number of aromatic nitrogens is 2. The van der Waals surface area contributed by atoms with Gasteiger partial charge in [-0.15, -0.1) is 11.3 Å². The van der Waals surface area contributed by atoms with E-state index in [1.54, 1.807) is 35.6 Å². The summed E-state index contributed by atoms with van der Waals surface area (Å²) >= 11 is 8.52. The highest BCUT2D eigenvalue weighted by molar-refractivity contribution is 7.99. The molecule has 3 aromatic rings. The molecule has 0 radical (unpaired) electrons. The third-order valence-corrected chi connectivity index (χ3v) is 5.59. The highest BCUT2D eigenvalue weighted by Gasteiger charge is 2.10. The standard InChI is InChI=1S/C19H17ClN4O3S2/c20-12-3-1-4-13(7-12)22-18(27)11-29-19-23-14(9-17(26)24-19)8-16(25)21-10-15-5-2-6-28-15/h1-7,9H,8,10-11H2,(H,21,25)(H,22,27)(H,23,24,26). The van der Waals surface area contributed by atoms with Crippen LogP contribution in [0.15, 0.2) is 57.8 Å². The van der Waals surface area contributed by atoms with Crippen molar-refractivity contribution in [2.24, 2.45) is 0 Å². The summed E-state index contributed by atoms with van der Waals surface area (Å²) in [4.78, 5) is 43.9. The zero-order chi connectivity index (χ0) is 20.6. The smallest absolute Gasteiger partial charge is 0.251 e. The molecule has 29 heavy (non-hydrogen) atoms. The van der Waals surface area contributed by atoms with Crippen LogP contribution in [0.1, 0.15) is 10.6 Å². The first-order valence-electron chi connectivity index (χ1n) is 8.55. The van der Waals surface area contributed by atoms with Gasteiger partial charge in [0.2, 0.25) is 11.8 Å². The fourth-order valence-corrected chi connectivity index (χ4v) is 3.89. The van der Waals surface area contributed by atoms with E-state index in [-0.39, 0.29) is 34.7 Å². The Hall–Kier alpha value is -2.62. The Balaban J connectivity index is 1.53. The van der Waals surface area contributed by atoms with Gasteiger partial charge in [-0.1, -0.05) is 35.5 Å². The number of nitrogens with one attached hydrogen (secondary N) is 3. The number of anilines is 1. The maximum absolute atomic E-state index is 12.1. The largest absolute Gasteiger partial charge is 0.351 e. The van der Waals surface area contributed by atoms with Crippen molar-refractivity contribution < 1.29 is 9.59 Å². The number of aromatic amines is 1. The molecule has 0 aliphatic rings.